The zero-order valence-electron chi connectivity index (χ0n) is 19.8. The Bertz CT molecular complexity index is 1210. The molecule has 0 unspecified atom stereocenters. The molecule has 0 saturated heterocycles. The Morgan fingerprint density at radius 1 is 1.06 bits per heavy atom. The average Bonchev–Trinajstić information content (AvgIpc) is 3.42. The fourth-order valence-electron chi connectivity index (χ4n) is 4.59. The highest BCUT2D eigenvalue weighted by atomic mass is 16.2. The number of fused-ring (bicyclic) bond motifs is 1. The van der Waals surface area contributed by atoms with Gasteiger partial charge in [-0.1, -0.05) is 12.8 Å². The van der Waals surface area contributed by atoms with Crippen LogP contribution in [0.5, 0.6) is 0 Å². The molecule has 3 amide bonds. The van der Waals surface area contributed by atoms with Gasteiger partial charge < -0.3 is 10.6 Å². The number of aromatic nitrogens is 3. The number of rotatable bonds is 6. The molecular formula is C25H28N8O2. The first kappa shape index (κ1) is 22.6. The summed E-state index contributed by atoms with van der Waals surface area (Å²) >= 11 is 0. The summed E-state index contributed by atoms with van der Waals surface area (Å²) in [6.45, 7) is 2.55. The SMILES string of the molecule is CCN1C(=O)N(C)c2cnc(Nc3ccc(NC(=O)c4ccncc4)cc3)nc2N1C1CCCC1. The molecule has 180 valence electrons. The number of pyridine rings is 1. The number of hydrogen-bond acceptors (Lipinski definition) is 7. The van der Waals surface area contributed by atoms with Gasteiger partial charge in [0.15, 0.2) is 5.82 Å². The maximum atomic E-state index is 13.0. The molecule has 0 spiro atoms. The van der Waals surface area contributed by atoms with Crippen molar-refractivity contribution in [3.05, 3.63) is 60.6 Å². The zero-order chi connectivity index (χ0) is 24.4. The van der Waals surface area contributed by atoms with Crippen LogP contribution < -0.4 is 20.5 Å². The van der Waals surface area contributed by atoms with Crippen LogP contribution in [0.15, 0.2) is 55.0 Å². The number of hydrogen-bond donors (Lipinski definition) is 2. The molecular weight excluding hydrogens is 444 g/mol. The molecule has 2 N–H and O–H groups in total. The van der Waals surface area contributed by atoms with Crippen LogP contribution in [-0.2, 0) is 0 Å². The number of carbonyl (C=O) groups is 2. The first-order valence-electron chi connectivity index (χ1n) is 11.8. The van der Waals surface area contributed by atoms with E-state index in [0.717, 1.165) is 37.2 Å². The van der Waals surface area contributed by atoms with Crippen LogP contribution in [-0.4, -0.2) is 51.5 Å². The van der Waals surface area contributed by atoms with Crippen molar-refractivity contribution in [2.75, 3.05) is 34.1 Å². The third-order valence-electron chi connectivity index (χ3n) is 6.41. The summed E-state index contributed by atoms with van der Waals surface area (Å²) in [6.07, 6.45) is 9.24. The molecule has 35 heavy (non-hydrogen) atoms. The second-order valence-corrected chi connectivity index (χ2v) is 8.64. The molecule has 10 heteroatoms. The average molecular weight is 473 g/mol. The molecule has 0 atom stereocenters. The third kappa shape index (κ3) is 4.46. The Hall–Kier alpha value is -4.21. The highest BCUT2D eigenvalue weighted by Crippen LogP contribution is 2.38. The van der Waals surface area contributed by atoms with Crippen molar-refractivity contribution in [1.29, 1.82) is 0 Å². The van der Waals surface area contributed by atoms with Crippen molar-refractivity contribution in [3.63, 3.8) is 0 Å². The predicted molar refractivity (Wildman–Crippen MR) is 135 cm³/mol. The lowest BCUT2D eigenvalue weighted by atomic mass is 10.2. The normalized spacial score (nSPS) is 15.8. The molecule has 1 aliphatic carbocycles. The summed E-state index contributed by atoms with van der Waals surface area (Å²) in [5, 5.41) is 9.95. The van der Waals surface area contributed by atoms with Crippen LogP contribution in [0.2, 0.25) is 0 Å². The van der Waals surface area contributed by atoms with Crippen molar-refractivity contribution < 1.29 is 9.59 Å². The maximum Gasteiger partial charge on any atom is 0.343 e. The molecule has 1 fully saturated rings. The minimum Gasteiger partial charge on any atom is -0.324 e. The predicted octanol–water partition coefficient (Wildman–Crippen LogP) is 4.42. The van der Waals surface area contributed by atoms with E-state index >= 15 is 0 Å². The standard InChI is InChI=1S/C25H28N8O2/c1-3-32-25(35)31(2)21-16-27-24(30-22(21)33(32)20-6-4-5-7-20)29-19-10-8-18(9-11-19)28-23(34)17-12-14-26-15-13-17/h8-16,20H,3-7H2,1-2H3,(H,28,34)(H,27,29,30). The lowest BCUT2D eigenvalue weighted by Gasteiger charge is -2.45. The molecule has 0 radical (unpaired) electrons. The second-order valence-electron chi connectivity index (χ2n) is 8.64. The Morgan fingerprint density at radius 3 is 2.43 bits per heavy atom. The van der Waals surface area contributed by atoms with Gasteiger partial charge in [0, 0.05) is 42.9 Å². The van der Waals surface area contributed by atoms with Gasteiger partial charge in [-0.15, -0.1) is 0 Å². The van der Waals surface area contributed by atoms with E-state index in [0.29, 0.717) is 29.4 Å². The van der Waals surface area contributed by atoms with Crippen molar-refractivity contribution in [2.45, 2.75) is 38.6 Å². The Labute approximate surface area is 204 Å². The van der Waals surface area contributed by atoms with E-state index in [1.807, 2.05) is 31.2 Å². The van der Waals surface area contributed by atoms with E-state index in [9.17, 15) is 9.59 Å². The topological polar surface area (TPSA) is 107 Å². The highest BCUT2D eigenvalue weighted by molar-refractivity contribution is 6.04. The largest absolute Gasteiger partial charge is 0.343 e. The number of benzene rings is 1. The summed E-state index contributed by atoms with van der Waals surface area (Å²) in [7, 11) is 1.76. The fraction of sp³-hybridized carbons (Fsp3) is 0.320. The van der Waals surface area contributed by atoms with E-state index in [1.54, 1.807) is 47.7 Å². The zero-order valence-corrected chi connectivity index (χ0v) is 19.8. The van der Waals surface area contributed by atoms with Crippen LogP contribution in [0, 0.1) is 0 Å². The second kappa shape index (κ2) is 9.57. The summed E-state index contributed by atoms with van der Waals surface area (Å²) in [5.41, 5.74) is 2.70. The molecule has 3 heterocycles. The monoisotopic (exact) mass is 472 g/mol. The fourth-order valence-corrected chi connectivity index (χ4v) is 4.59. The quantitative estimate of drug-likeness (QED) is 0.547. The number of amides is 3. The highest BCUT2D eigenvalue weighted by Gasteiger charge is 2.39. The molecule has 0 bridgehead atoms. The third-order valence-corrected chi connectivity index (χ3v) is 6.41. The number of nitrogens with zero attached hydrogens (tertiary/aromatic N) is 6. The smallest absolute Gasteiger partial charge is 0.324 e. The lowest BCUT2D eigenvalue weighted by Crippen LogP contribution is -2.59. The molecule has 1 saturated carbocycles. The van der Waals surface area contributed by atoms with Crippen LogP contribution in [0.3, 0.4) is 0 Å². The molecule has 1 aliphatic heterocycles. The lowest BCUT2D eigenvalue weighted by molar-refractivity contribution is 0.102. The Morgan fingerprint density at radius 2 is 1.74 bits per heavy atom. The van der Waals surface area contributed by atoms with Gasteiger partial charge in [-0.05, 0) is 56.2 Å². The number of carbonyl (C=O) groups excluding carboxylic acids is 2. The van der Waals surface area contributed by atoms with E-state index in [-0.39, 0.29) is 18.0 Å². The van der Waals surface area contributed by atoms with Crippen LogP contribution in [0.4, 0.5) is 33.6 Å². The van der Waals surface area contributed by atoms with Crippen molar-refractivity contribution in [3.8, 4) is 0 Å². The van der Waals surface area contributed by atoms with Gasteiger partial charge in [-0.2, -0.15) is 4.98 Å². The van der Waals surface area contributed by atoms with Gasteiger partial charge in [0.2, 0.25) is 5.95 Å². The van der Waals surface area contributed by atoms with Gasteiger partial charge in [0.05, 0.1) is 12.2 Å². The summed E-state index contributed by atoms with van der Waals surface area (Å²) < 4.78 is 0. The number of anilines is 5. The van der Waals surface area contributed by atoms with Gasteiger partial charge in [0.1, 0.15) is 5.69 Å². The first-order valence-corrected chi connectivity index (χ1v) is 11.8. The summed E-state index contributed by atoms with van der Waals surface area (Å²) in [4.78, 5) is 40.1. The number of urea groups is 1. The van der Waals surface area contributed by atoms with Crippen molar-refractivity contribution in [1.82, 2.24) is 20.0 Å². The Kier molecular flexibility index (Phi) is 6.17. The van der Waals surface area contributed by atoms with Gasteiger partial charge in [-0.3, -0.25) is 19.7 Å². The van der Waals surface area contributed by atoms with E-state index in [2.05, 4.69) is 25.6 Å². The summed E-state index contributed by atoms with van der Waals surface area (Å²) in [6, 6.07) is 10.8. The van der Waals surface area contributed by atoms with E-state index in [4.69, 9.17) is 4.98 Å². The van der Waals surface area contributed by atoms with Crippen LogP contribution in [0.1, 0.15) is 43.0 Å². The molecule has 2 aromatic heterocycles. The Balaban J connectivity index is 1.35. The summed E-state index contributed by atoms with van der Waals surface area (Å²) in [5.74, 6) is 0.982. The molecule has 2 aliphatic rings. The van der Waals surface area contributed by atoms with Crippen molar-refractivity contribution >= 4 is 40.8 Å². The minimum atomic E-state index is -0.197. The molecule has 1 aromatic carbocycles. The molecule has 10 nitrogen and oxygen atoms in total. The molecule has 5 rings (SSSR count). The minimum absolute atomic E-state index is 0.0689. The first-order chi connectivity index (χ1) is 17.0. The van der Waals surface area contributed by atoms with Crippen LogP contribution in [0.25, 0.3) is 0 Å². The van der Waals surface area contributed by atoms with Gasteiger partial charge >= 0.3 is 6.03 Å². The number of nitrogens with one attached hydrogen (secondary N) is 2. The molecule has 3 aromatic rings. The van der Waals surface area contributed by atoms with E-state index in [1.165, 1.54) is 0 Å². The van der Waals surface area contributed by atoms with Gasteiger partial charge in [0.25, 0.3) is 5.91 Å². The van der Waals surface area contributed by atoms with Crippen molar-refractivity contribution in [2.24, 2.45) is 0 Å². The van der Waals surface area contributed by atoms with E-state index < -0.39 is 0 Å². The van der Waals surface area contributed by atoms with Gasteiger partial charge in [-0.25, -0.2) is 14.8 Å². The number of hydrazine groups is 1. The van der Waals surface area contributed by atoms with Crippen LogP contribution >= 0.6 is 0 Å². The maximum absolute atomic E-state index is 13.0.